The molecule has 0 bridgehead atoms. The van der Waals surface area contributed by atoms with Gasteiger partial charge in [-0.3, -0.25) is 14.5 Å². The number of nitrogens with one attached hydrogen (secondary N) is 1. The Bertz CT molecular complexity index is 657. The van der Waals surface area contributed by atoms with Crippen LogP contribution in [0.1, 0.15) is 37.7 Å². The maximum Gasteiger partial charge on any atom is 0.227 e. The predicted molar refractivity (Wildman–Crippen MR) is 97.4 cm³/mol. The van der Waals surface area contributed by atoms with Crippen molar-refractivity contribution in [2.75, 3.05) is 24.5 Å². The Kier molecular flexibility index (Phi) is 4.50. The lowest BCUT2D eigenvalue weighted by atomic mass is 9.98. The van der Waals surface area contributed by atoms with Crippen molar-refractivity contribution in [3.05, 3.63) is 29.8 Å². The SMILES string of the molecule is Cc1ccc(N2C[C@H](C(=O)N[C@@H]3CCN4CCCC[C@H]34)CC2=O)cc1. The summed E-state index contributed by atoms with van der Waals surface area (Å²) in [6.07, 6.45) is 5.08. The second-order valence-corrected chi connectivity index (χ2v) is 7.74. The second kappa shape index (κ2) is 6.79. The van der Waals surface area contributed by atoms with Gasteiger partial charge in [-0.15, -0.1) is 0 Å². The van der Waals surface area contributed by atoms with Crippen LogP contribution in [0.4, 0.5) is 5.69 Å². The molecule has 2 amide bonds. The molecule has 3 aliphatic rings. The second-order valence-electron chi connectivity index (χ2n) is 7.74. The smallest absolute Gasteiger partial charge is 0.227 e. The average molecular weight is 341 g/mol. The van der Waals surface area contributed by atoms with Crippen LogP contribution in [0, 0.1) is 12.8 Å². The summed E-state index contributed by atoms with van der Waals surface area (Å²) in [5.41, 5.74) is 2.06. The predicted octanol–water partition coefficient (Wildman–Crippen LogP) is 2.09. The van der Waals surface area contributed by atoms with E-state index < -0.39 is 0 Å². The molecule has 3 atom stereocenters. The molecular weight excluding hydrogens is 314 g/mol. The highest BCUT2D eigenvalue weighted by Gasteiger charge is 2.40. The summed E-state index contributed by atoms with van der Waals surface area (Å²) in [4.78, 5) is 29.4. The van der Waals surface area contributed by atoms with Gasteiger partial charge in [-0.05, 0) is 44.9 Å². The Morgan fingerprint density at radius 3 is 2.72 bits per heavy atom. The molecule has 1 aromatic rings. The van der Waals surface area contributed by atoms with Crippen LogP contribution < -0.4 is 10.2 Å². The number of aryl methyl sites for hydroxylation is 1. The topological polar surface area (TPSA) is 52.7 Å². The molecule has 0 aromatic heterocycles. The number of anilines is 1. The minimum absolute atomic E-state index is 0.0507. The van der Waals surface area contributed by atoms with E-state index in [0.717, 1.165) is 18.7 Å². The zero-order valence-electron chi connectivity index (χ0n) is 14.9. The van der Waals surface area contributed by atoms with Crippen molar-refractivity contribution in [1.29, 1.82) is 0 Å². The van der Waals surface area contributed by atoms with E-state index >= 15 is 0 Å². The maximum atomic E-state index is 12.7. The Balaban J connectivity index is 1.38. The molecule has 1 aromatic carbocycles. The van der Waals surface area contributed by atoms with Crippen molar-refractivity contribution >= 4 is 17.5 Å². The van der Waals surface area contributed by atoms with E-state index in [-0.39, 0.29) is 23.8 Å². The first-order valence-electron chi connectivity index (χ1n) is 9.53. The van der Waals surface area contributed by atoms with E-state index in [1.165, 1.54) is 31.4 Å². The molecule has 1 N–H and O–H groups in total. The fourth-order valence-electron chi connectivity index (χ4n) is 4.57. The molecule has 25 heavy (non-hydrogen) atoms. The third-order valence-electron chi connectivity index (χ3n) is 6.03. The number of carbonyl (C=O) groups excluding carboxylic acids is 2. The molecular formula is C20H27N3O2. The molecule has 0 unspecified atom stereocenters. The van der Waals surface area contributed by atoms with Crippen molar-refractivity contribution < 1.29 is 9.59 Å². The highest BCUT2D eigenvalue weighted by molar-refractivity contribution is 6.00. The average Bonchev–Trinajstić information content (AvgIpc) is 3.20. The number of hydrogen-bond acceptors (Lipinski definition) is 3. The molecule has 3 saturated heterocycles. The summed E-state index contributed by atoms with van der Waals surface area (Å²) in [6.45, 7) is 4.78. The Labute approximate surface area is 149 Å². The van der Waals surface area contributed by atoms with Gasteiger partial charge in [0, 0.05) is 37.3 Å². The highest BCUT2D eigenvalue weighted by atomic mass is 16.2. The lowest BCUT2D eigenvalue weighted by molar-refractivity contribution is -0.127. The van der Waals surface area contributed by atoms with E-state index in [0.29, 0.717) is 19.0 Å². The van der Waals surface area contributed by atoms with Gasteiger partial charge in [0.15, 0.2) is 0 Å². The third kappa shape index (κ3) is 3.30. The minimum atomic E-state index is -0.230. The fourth-order valence-corrected chi connectivity index (χ4v) is 4.57. The van der Waals surface area contributed by atoms with E-state index in [1.54, 1.807) is 4.90 Å². The Morgan fingerprint density at radius 1 is 1.12 bits per heavy atom. The lowest BCUT2D eigenvalue weighted by Crippen LogP contribution is -2.48. The molecule has 5 heteroatoms. The van der Waals surface area contributed by atoms with Gasteiger partial charge in [-0.25, -0.2) is 0 Å². The Hall–Kier alpha value is -1.88. The molecule has 0 aliphatic carbocycles. The molecule has 5 nitrogen and oxygen atoms in total. The summed E-state index contributed by atoms with van der Waals surface area (Å²) in [7, 11) is 0. The highest BCUT2D eigenvalue weighted by Crippen LogP contribution is 2.29. The zero-order chi connectivity index (χ0) is 17.4. The van der Waals surface area contributed by atoms with Crippen LogP contribution in [0.2, 0.25) is 0 Å². The quantitative estimate of drug-likeness (QED) is 0.916. The molecule has 0 spiro atoms. The van der Waals surface area contributed by atoms with E-state index in [2.05, 4.69) is 10.2 Å². The van der Waals surface area contributed by atoms with E-state index in [4.69, 9.17) is 0 Å². The first-order valence-corrected chi connectivity index (χ1v) is 9.53. The molecule has 0 saturated carbocycles. The largest absolute Gasteiger partial charge is 0.351 e. The van der Waals surface area contributed by atoms with Gasteiger partial charge in [0.2, 0.25) is 11.8 Å². The summed E-state index contributed by atoms with van der Waals surface area (Å²) in [5, 5.41) is 3.26. The summed E-state index contributed by atoms with van der Waals surface area (Å²) < 4.78 is 0. The van der Waals surface area contributed by atoms with Gasteiger partial charge in [0.1, 0.15) is 0 Å². The summed E-state index contributed by atoms with van der Waals surface area (Å²) in [6, 6.07) is 8.70. The number of fused-ring (bicyclic) bond motifs is 1. The van der Waals surface area contributed by atoms with Gasteiger partial charge in [0.05, 0.1) is 5.92 Å². The standard InChI is InChI=1S/C20H27N3O2/c1-14-5-7-16(8-6-14)23-13-15(12-19(23)24)20(25)21-17-9-11-22-10-3-2-4-18(17)22/h5-8,15,17-18H,2-4,9-13H2,1H3,(H,21,25)/t15-,17-,18-/m1/s1. The van der Waals surface area contributed by atoms with Crippen LogP contribution in [0.5, 0.6) is 0 Å². The van der Waals surface area contributed by atoms with Crippen molar-refractivity contribution in [2.45, 2.75) is 51.1 Å². The third-order valence-corrected chi connectivity index (χ3v) is 6.03. The normalized spacial score (nSPS) is 29.7. The molecule has 0 radical (unpaired) electrons. The molecule has 134 valence electrons. The maximum absolute atomic E-state index is 12.7. The van der Waals surface area contributed by atoms with Crippen LogP contribution >= 0.6 is 0 Å². The van der Waals surface area contributed by atoms with Crippen molar-refractivity contribution in [1.82, 2.24) is 10.2 Å². The number of benzene rings is 1. The van der Waals surface area contributed by atoms with E-state index in [1.807, 2.05) is 31.2 Å². The number of nitrogens with zero attached hydrogens (tertiary/aromatic N) is 2. The molecule has 4 rings (SSSR count). The van der Waals surface area contributed by atoms with E-state index in [9.17, 15) is 9.59 Å². The van der Waals surface area contributed by atoms with Gasteiger partial charge in [-0.2, -0.15) is 0 Å². The number of rotatable bonds is 3. The molecule has 3 heterocycles. The minimum Gasteiger partial charge on any atom is -0.351 e. The van der Waals surface area contributed by atoms with Crippen molar-refractivity contribution in [2.24, 2.45) is 5.92 Å². The summed E-state index contributed by atoms with van der Waals surface area (Å²) >= 11 is 0. The van der Waals surface area contributed by atoms with Crippen molar-refractivity contribution in [3.8, 4) is 0 Å². The van der Waals surface area contributed by atoms with Gasteiger partial charge >= 0.3 is 0 Å². The van der Waals surface area contributed by atoms with Crippen LogP contribution in [0.3, 0.4) is 0 Å². The monoisotopic (exact) mass is 341 g/mol. The number of carbonyl (C=O) groups is 2. The van der Waals surface area contributed by atoms with Crippen LogP contribution in [0.25, 0.3) is 0 Å². The zero-order valence-corrected chi connectivity index (χ0v) is 14.9. The Morgan fingerprint density at radius 2 is 1.92 bits per heavy atom. The first-order chi connectivity index (χ1) is 12.1. The van der Waals surface area contributed by atoms with Gasteiger partial charge < -0.3 is 10.2 Å². The van der Waals surface area contributed by atoms with Crippen LogP contribution in [-0.2, 0) is 9.59 Å². The molecule has 3 fully saturated rings. The van der Waals surface area contributed by atoms with Gasteiger partial charge in [0.25, 0.3) is 0 Å². The fraction of sp³-hybridized carbons (Fsp3) is 0.600. The van der Waals surface area contributed by atoms with Crippen LogP contribution in [0.15, 0.2) is 24.3 Å². The summed E-state index contributed by atoms with van der Waals surface area (Å²) in [5.74, 6) is -0.124. The first kappa shape index (κ1) is 16.6. The number of hydrogen-bond donors (Lipinski definition) is 1. The number of piperidine rings is 1. The lowest BCUT2D eigenvalue weighted by Gasteiger charge is -2.32. The molecule has 3 aliphatic heterocycles. The number of amides is 2. The van der Waals surface area contributed by atoms with Crippen molar-refractivity contribution in [3.63, 3.8) is 0 Å². The van der Waals surface area contributed by atoms with Crippen LogP contribution in [-0.4, -0.2) is 48.4 Å². The van der Waals surface area contributed by atoms with Gasteiger partial charge in [-0.1, -0.05) is 24.1 Å².